The van der Waals surface area contributed by atoms with Crippen molar-refractivity contribution in [1.29, 1.82) is 0 Å². The van der Waals surface area contributed by atoms with Crippen LogP contribution in [0.4, 0.5) is 10.2 Å². The van der Waals surface area contributed by atoms with Gasteiger partial charge in [0, 0.05) is 19.8 Å². The number of hydrogen-bond donors (Lipinski definition) is 2. The minimum atomic E-state index is -0.857. The summed E-state index contributed by atoms with van der Waals surface area (Å²) in [6.45, 7) is 10.0. The van der Waals surface area contributed by atoms with E-state index in [2.05, 4.69) is 10.2 Å². The molecule has 0 spiro atoms. The Labute approximate surface area is 178 Å². The Morgan fingerprint density at radius 1 is 1.23 bits per heavy atom. The standard InChI is InChI=1S/C24H32FN3O2/c1-15-12-16(25)9-10-17(15)18-13-21(28-11-7-8-20(28)24(4,5)30)27-14-19(18)23(2,3)22(29)26-6/h9-10,12-14,20,30H,7-8,11H2,1-6H3,(H,26,29). The van der Waals surface area contributed by atoms with Crippen molar-refractivity contribution >= 4 is 11.7 Å². The zero-order valence-corrected chi connectivity index (χ0v) is 18.7. The lowest BCUT2D eigenvalue weighted by Crippen LogP contribution is -2.46. The Balaban J connectivity index is 2.20. The van der Waals surface area contributed by atoms with E-state index in [1.807, 2.05) is 40.7 Å². The second-order valence-corrected chi connectivity index (χ2v) is 9.26. The molecule has 2 heterocycles. The first-order valence-corrected chi connectivity index (χ1v) is 10.4. The molecule has 3 rings (SSSR count). The highest BCUT2D eigenvalue weighted by atomic mass is 19.1. The molecule has 0 aliphatic carbocycles. The summed E-state index contributed by atoms with van der Waals surface area (Å²) < 4.78 is 13.8. The first-order valence-electron chi connectivity index (χ1n) is 10.4. The van der Waals surface area contributed by atoms with Crippen LogP contribution in [0.1, 0.15) is 51.7 Å². The van der Waals surface area contributed by atoms with Crippen LogP contribution in [0.25, 0.3) is 11.1 Å². The molecule has 1 aliphatic heterocycles. The molecule has 1 amide bonds. The lowest BCUT2D eigenvalue weighted by molar-refractivity contribution is -0.125. The maximum atomic E-state index is 13.8. The van der Waals surface area contributed by atoms with Crippen LogP contribution in [0.3, 0.4) is 0 Å². The van der Waals surface area contributed by atoms with Crippen LogP contribution in [0.15, 0.2) is 30.5 Å². The first-order chi connectivity index (χ1) is 14.0. The molecule has 1 aromatic heterocycles. The van der Waals surface area contributed by atoms with Gasteiger partial charge >= 0.3 is 0 Å². The van der Waals surface area contributed by atoms with Crippen molar-refractivity contribution in [2.45, 2.75) is 64.5 Å². The van der Waals surface area contributed by atoms with Crippen molar-refractivity contribution in [3.05, 3.63) is 47.4 Å². The number of amides is 1. The molecule has 1 atom stereocenters. The van der Waals surface area contributed by atoms with Crippen molar-refractivity contribution < 1.29 is 14.3 Å². The Hall–Kier alpha value is -2.47. The number of carbonyl (C=O) groups is 1. The number of likely N-dealkylation sites (N-methyl/N-ethyl adjacent to an activating group) is 1. The Morgan fingerprint density at radius 3 is 2.53 bits per heavy atom. The number of aryl methyl sites for hydroxylation is 1. The fourth-order valence-electron chi connectivity index (χ4n) is 4.46. The third-order valence-electron chi connectivity index (χ3n) is 6.20. The largest absolute Gasteiger partial charge is 0.388 e. The first kappa shape index (κ1) is 22.2. The number of nitrogens with zero attached hydrogens (tertiary/aromatic N) is 2. The number of benzene rings is 1. The van der Waals surface area contributed by atoms with Gasteiger partial charge in [-0.2, -0.15) is 0 Å². The molecular weight excluding hydrogens is 381 g/mol. The molecule has 30 heavy (non-hydrogen) atoms. The average molecular weight is 414 g/mol. The molecule has 0 saturated carbocycles. The van der Waals surface area contributed by atoms with Crippen molar-refractivity contribution in [1.82, 2.24) is 10.3 Å². The number of nitrogens with one attached hydrogen (secondary N) is 1. The Morgan fingerprint density at radius 2 is 1.93 bits per heavy atom. The molecule has 1 aromatic carbocycles. The summed E-state index contributed by atoms with van der Waals surface area (Å²) in [5.41, 5.74) is 1.61. The monoisotopic (exact) mass is 413 g/mol. The number of aromatic nitrogens is 1. The minimum absolute atomic E-state index is 0.0371. The molecule has 2 aromatic rings. The maximum Gasteiger partial charge on any atom is 0.229 e. The third kappa shape index (κ3) is 4.06. The van der Waals surface area contributed by atoms with Gasteiger partial charge in [0.25, 0.3) is 0 Å². The van der Waals surface area contributed by atoms with Crippen LogP contribution in [-0.4, -0.2) is 41.2 Å². The fraction of sp³-hybridized carbons (Fsp3) is 0.500. The summed E-state index contributed by atoms with van der Waals surface area (Å²) in [4.78, 5) is 19.5. The molecule has 0 bridgehead atoms. The van der Waals surface area contributed by atoms with E-state index in [-0.39, 0.29) is 17.8 Å². The van der Waals surface area contributed by atoms with E-state index in [1.54, 1.807) is 19.3 Å². The topological polar surface area (TPSA) is 65.5 Å². The summed E-state index contributed by atoms with van der Waals surface area (Å²) in [6.07, 6.45) is 3.62. The highest BCUT2D eigenvalue weighted by molar-refractivity contribution is 5.90. The maximum absolute atomic E-state index is 13.8. The third-order valence-corrected chi connectivity index (χ3v) is 6.20. The van der Waals surface area contributed by atoms with Crippen LogP contribution in [0.5, 0.6) is 0 Å². The van der Waals surface area contributed by atoms with Gasteiger partial charge in [0.2, 0.25) is 5.91 Å². The van der Waals surface area contributed by atoms with Crippen molar-refractivity contribution in [3.63, 3.8) is 0 Å². The summed E-state index contributed by atoms with van der Waals surface area (Å²) in [6, 6.07) is 6.63. The molecule has 1 aliphatic rings. The lowest BCUT2D eigenvalue weighted by Gasteiger charge is -2.35. The van der Waals surface area contributed by atoms with Crippen molar-refractivity contribution in [2.75, 3.05) is 18.5 Å². The fourth-order valence-corrected chi connectivity index (χ4v) is 4.46. The number of halogens is 1. The highest BCUT2D eigenvalue weighted by Gasteiger charge is 2.38. The molecule has 5 nitrogen and oxygen atoms in total. The number of carbonyl (C=O) groups excluding carboxylic acids is 1. The highest BCUT2D eigenvalue weighted by Crippen LogP contribution is 2.39. The second kappa shape index (κ2) is 7.99. The molecule has 1 saturated heterocycles. The SMILES string of the molecule is CNC(=O)C(C)(C)c1cnc(N2CCCC2C(C)(C)O)cc1-c1ccc(F)cc1C. The number of aliphatic hydroxyl groups is 1. The molecule has 1 fully saturated rings. The Bertz CT molecular complexity index is 950. The van der Waals surface area contributed by atoms with Gasteiger partial charge in [-0.05, 0) is 87.9 Å². The molecule has 162 valence electrons. The van der Waals surface area contributed by atoms with E-state index in [4.69, 9.17) is 4.98 Å². The van der Waals surface area contributed by atoms with Crippen LogP contribution in [0.2, 0.25) is 0 Å². The van der Waals surface area contributed by atoms with Gasteiger partial charge in [-0.25, -0.2) is 9.37 Å². The normalized spacial score (nSPS) is 17.3. The van der Waals surface area contributed by atoms with E-state index in [1.165, 1.54) is 12.1 Å². The van der Waals surface area contributed by atoms with Gasteiger partial charge in [0.1, 0.15) is 11.6 Å². The minimum Gasteiger partial charge on any atom is -0.388 e. The van der Waals surface area contributed by atoms with Gasteiger partial charge < -0.3 is 15.3 Å². The lowest BCUT2D eigenvalue weighted by atomic mass is 9.79. The van der Waals surface area contributed by atoms with Gasteiger partial charge in [0.05, 0.1) is 17.1 Å². The smallest absolute Gasteiger partial charge is 0.229 e. The summed E-state index contributed by atoms with van der Waals surface area (Å²) in [7, 11) is 1.62. The van der Waals surface area contributed by atoms with Gasteiger partial charge in [0.15, 0.2) is 0 Å². The summed E-state index contributed by atoms with van der Waals surface area (Å²) in [5.74, 6) is 0.350. The Kier molecular flexibility index (Phi) is 5.92. The zero-order chi connectivity index (χ0) is 22.3. The molecule has 2 N–H and O–H groups in total. The van der Waals surface area contributed by atoms with Crippen LogP contribution in [0, 0.1) is 12.7 Å². The number of rotatable bonds is 5. The predicted octanol–water partition coefficient (Wildman–Crippen LogP) is 3.96. The molecule has 6 heteroatoms. The van der Waals surface area contributed by atoms with Gasteiger partial charge in [-0.1, -0.05) is 6.07 Å². The van der Waals surface area contributed by atoms with Crippen LogP contribution >= 0.6 is 0 Å². The van der Waals surface area contributed by atoms with E-state index in [0.717, 1.165) is 47.5 Å². The van der Waals surface area contributed by atoms with Gasteiger partial charge in [-0.3, -0.25) is 4.79 Å². The van der Waals surface area contributed by atoms with E-state index in [9.17, 15) is 14.3 Å². The van der Waals surface area contributed by atoms with E-state index >= 15 is 0 Å². The van der Waals surface area contributed by atoms with Crippen molar-refractivity contribution in [3.8, 4) is 11.1 Å². The van der Waals surface area contributed by atoms with Crippen LogP contribution in [-0.2, 0) is 10.2 Å². The summed E-state index contributed by atoms with van der Waals surface area (Å²) >= 11 is 0. The number of hydrogen-bond acceptors (Lipinski definition) is 4. The molecule has 1 unspecified atom stereocenters. The quantitative estimate of drug-likeness (QED) is 0.779. The van der Waals surface area contributed by atoms with Crippen LogP contribution < -0.4 is 10.2 Å². The molecular formula is C24H32FN3O2. The summed E-state index contributed by atoms with van der Waals surface area (Å²) in [5, 5.41) is 13.4. The van der Waals surface area contributed by atoms with Gasteiger partial charge in [-0.15, -0.1) is 0 Å². The second-order valence-electron chi connectivity index (χ2n) is 9.26. The van der Waals surface area contributed by atoms with Crippen molar-refractivity contribution in [2.24, 2.45) is 0 Å². The number of pyridine rings is 1. The zero-order valence-electron chi connectivity index (χ0n) is 18.7. The average Bonchev–Trinajstić information content (AvgIpc) is 3.17. The number of anilines is 1. The predicted molar refractivity (Wildman–Crippen MR) is 118 cm³/mol. The van der Waals surface area contributed by atoms with E-state index < -0.39 is 11.0 Å². The molecule has 0 radical (unpaired) electrons. The van der Waals surface area contributed by atoms with E-state index in [0.29, 0.717) is 0 Å².